The first-order valence-corrected chi connectivity index (χ1v) is 6.94. The number of anilines is 2. The number of benzene rings is 1. The third-order valence-corrected chi connectivity index (χ3v) is 4.06. The van der Waals surface area contributed by atoms with Gasteiger partial charge in [-0.25, -0.2) is 12.8 Å². The topological polar surface area (TPSA) is 85.1 Å². The number of nitrogen functional groups attached to an aromatic ring is 1. The summed E-state index contributed by atoms with van der Waals surface area (Å²) < 4.78 is 39.9. The molecule has 0 bridgehead atoms. The molecule has 3 N–H and O–H groups in total. The first-order chi connectivity index (χ1) is 8.92. The second kappa shape index (κ2) is 5.02. The van der Waals surface area contributed by atoms with Crippen molar-refractivity contribution in [2.45, 2.75) is 4.90 Å². The van der Waals surface area contributed by atoms with Crippen LogP contribution in [0.2, 0.25) is 5.02 Å². The zero-order valence-corrected chi connectivity index (χ0v) is 11.0. The van der Waals surface area contributed by atoms with Gasteiger partial charge in [0.05, 0.1) is 22.6 Å². The third-order valence-electron chi connectivity index (χ3n) is 2.28. The number of rotatable bonds is 3. The largest absolute Gasteiger partial charge is 0.398 e. The molecule has 0 spiro atoms. The van der Waals surface area contributed by atoms with Gasteiger partial charge < -0.3 is 5.73 Å². The lowest BCUT2D eigenvalue weighted by molar-refractivity contribution is 0.572. The molecular formula is C11H9ClFN3O2S. The Morgan fingerprint density at radius 1 is 1.32 bits per heavy atom. The number of nitrogens with zero attached hydrogens (tertiary/aromatic N) is 1. The second-order valence-corrected chi connectivity index (χ2v) is 5.65. The van der Waals surface area contributed by atoms with E-state index in [-0.39, 0.29) is 16.4 Å². The molecule has 0 saturated carbocycles. The third kappa shape index (κ3) is 2.77. The maximum atomic E-state index is 13.6. The molecule has 0 aliphatic heterocycles. The average molecular weight is 302 g/mol. The van der Waals surface area contributed by atoms with E-state index in [1.54, 1.807) is 0 Å². The molecule has 0 unspecified atom stereocenters. The SMILES string of the molecule is Nc1cccc(F)c1S(=O)(=O)Nc1cnccc1Cl. The Kier molecular flexibility index (Phi) is 3.59. The fourth-order valence-corrected chi connectivity index (χ4v) is 2.92. The summed E-state index contributed by atoms with van der Waals surface area (Å²) in [6, 6.07) is 5.03. The average Bonchev–Trinajstić information content (AvgIpc) is 2.31. The van der Waals surface area contributed by atoms with Crippen LogP contribution in [0, 0.1) is 5.82 Å². The Morgan fingerprint density at radius 3 is 2.68 bits per heavy atom. The fraction of sp³-hybridized carbons (Fsp3) is 0. The number of hydrogen-bond donors (Lipinski definition) is 2. The summed E-state index contributed by atoms with van der Waals surface area (Å²) >= 11 is 5.81. The smallest absolute Gasteiger partial charge is 0.266 e. The lowest BCUT2D eigenvalue weighted by Gasteiger charge is -2.11. The Balaban J connectivity index is 2.47. The summed E-state index contributed by atoms with van der Waals surface area (Å²) in [7, 11) is -4.17. The van der Waals surface area contributed by atoms with Gasteiger partial charge in [0.15, 0.2) is 0 Å². The van der Waals surface area contributed by atoms with Crippen LogP contribution in [0.15, 0.2) is 41.6 Å². The lowest BCUT2D eigenvalue weighted by atomic mass is 10.3. The van der Waals surface area contributed by atoms with Gasteiger partial charge in [0.25, 0.3) is 10.0 Å². The summed E-state index contributed by atoms with van der Waals surface area (Å²) in [5.74, 6) is -0.937. The Labute approximate surface area is 114 Å². The second-order valence-electron chi connectivity index (χ2n) is 3.62. The predicted octanol–water partition coefficient (Wildman–Crippen LogP) is 2.26. The highest BCUT2D eigenvalue weighted by molar-refractivity contribution is 7.93. The van der Waals surface area contributed by atoms with Crippen LogP contribution in [-0.2, 0) is 10.0 Å². The maximum Gasteiger partial charge on any atom is 0.266 e. The Bertz CT molecular complexity index is 701. The fourth-order valence-electron chi connectivity index (χ4n) is 1.46. The van der Waals surface area contributed by atoms with Crippen LogP contribution in [0.25, 0.3) is 0 Å². The summed E-state index contributed by atoms with van der Waals surface area (Å²) in [4.78, 5) is 3.12. The molecule has 2 aromatic rings. The Hall–Kier alpha value is -1.86. The molecule has 100 valence electrons. The molecule has 2 rings (SSSR count). The van der Waals surface area contributed by atoms with Crippen LogP contribution in [0.4, 0.5) is 15.8 Å². The molecule has 1 aromatic heterocycles. The molecule has 0 fully saturated rings. The van der Waals surface area contributed by atoms with Gasteiger partial charge in [0.2, 0.25) is 0 Å². The highest BCUT2D eigenvalue weighted by atomic mass is 35.5. The van der Waals surface area contributed by atoms with Crippen molar-refractivity contribution in [1.82, 2.24) is 4.98 Å². The maximum absolute atomic E-state index is 13.6. The van der Waals surface area contributed by atoms with Gasteiger partial charge in [-0.3, -0.25) is 9.71 Å². The number of hydrogen-bond acceptors (Lipinski definition) is 4. The van der Waals surface area contributed by atoms with Crippen LogP contribution in [0.5, 0.6) is 0 Å². The van der Waals surface area contributed by atoms with Crippen molar-refractivity contribution in [1.29, 1.82) is 0 Å². The van der Waals surface area contributed by atoms with Gasteiger partial charge in [-0.2, -0.15) is 0 Å². The van der Waals surface area contributed by atoms with Gasteiger partial charge in [0, 0.05) is 6.20 Å². The first-order valence-electron chi connectivity index (χ1n) is 5.08. The molecule has 0 radical (unpaired) electrons. The highest BCUT2D eigenvalue weighted by Gasteiger charge is 2.23. The molecule has 0 amide bonds. The van der Waals surface area contributed by atoms with Crippen molar-refractivity contribution in [2.24, 2.45) is 0 Å². The number of nitrogens with one attached hydrogen (secondary N) is 1. The van der Waals surface area contributed by atoms with Crippen molar-refractivity contribution in [3.8, 4) is 0 Å². The molecule has 0 aliphatic rings. The minimum Gasteiger partial charge on any atom is -0.398 e. The number of nitrogens with two attached hydrogens (primary N) is 1. The number of sulfonamides is 1. The molecule has 8 heteroatoms. The van der Waals surface area contributed by atoms with E-state index in [0.29, 0.717) is 0 Å². The predicted molar refractivity (Wildman–Crippen MR) is 70.9 cm³/mol. The molecule has 1 heterocycles. The van der Waals surface area contributed by atoms with E-state index >= 15 is 0 Å². The van der Waals surface area contributed by atoms with Gasteiger partial charge in [0.1, 0.15) is 10.7 Å². The minimum absolute atomic E-state index is 0.0480. The molecular weight excluding hydrogens is 293 g/mol. The van der Waals surface area contributed by atoms with Crippen molar-refractivity contribution in [3.05, 3.63) is 47.5 Å². The van der Waals surface area contributed by atoms with Crippen LogP contribution < -0.4 is 10.5 Å². The van der Waals surface area contributed by atoms with E-state index in [1.165, 1.54) is 30.6 Å². The summed E-state index contributed by atoms with van der Waals surface area (Å²) in [5.41, 5.74) is 5.35. The zero-order chi connectivity index (χ0) is 14.0. The minimum atomic E-state index is -4.17. The van der Waals surface area contributed by atoms with Crippen molar-refractivity contribution in [2.75, 3.05) is 10.5 Å². The van der Waals surface area contributed by atoms with Gasteiger partial charge in [-0.15, -0.1) is 0 Å². The normalized spacial score (nSPS) is 11.3. The van der Waals surface area contributed by atoms with Crippen molar-refractivity contribution < 1.29 is 12.8 Å². The van der Waals surface area contributed by atoms with E-state index in [2.05, 4.69) is 9.71 Å². The number of pyridine rings is 1. The van der Waals surface area contributed by atoms with Gasteiger partial charge >= 0.3 is 0 Å². The van der Waals surface area contributed by atoms with Crippen molar-refractivity contribution in [3.63, 3.8) is 0 Å². The lowest BCUT2D eigenvalue weighted by Crippen LogP contribution is -2.16. The van der Waals surface area contributed by atoms with Crippen LogP contribution in [0.1, 0.15) is 0 Å². The molecule has 0 atom stereocenters. The molecule has 0 saturated heterocycles. The molecule has 1 aromatic carbocycles. The molecule has 19 heavy (non-hydrogen) atoms. The number of halogens is 2. The van der Waals surface area contributed by atoms with E-state index in [0.717, 1.165) is 6.07 Å². The number of aromatic nitrogens is 1. The van der Waals surface area contributed by atoms with Crippen LogP contribution in [0.3, 0.4) is 0 Å². The van der Waals surface area contributed by atoms with Crippen LogP contribution in [-0.4, -0.2) is 13.4 Å². The molecule has 0 aliphatic carbocycles. The van der Waals surface area contributed by atoms with Gasteiger partial charge in [-0.05, 0) is 18.2 Å². The molecule has 5 nitrogen and oxygen atoms in total. The summed E-state index contributed by atoms with van der Waals surface area (Å²) in [5, 5.41) is 0.147. The first kappa shape index (κ1) is 13.6. The monoisotopic (exact) mass is 301 g/mol. The standard InChI is InChI=1S/C11H9ClFN3O2S/c12-7-4-5-15-6-10(7)16-19(17,18)11-8(13)2-1-3-9(11)14/h1-6,16H,14H2. The Morgan fingerprint density at radius 2 is 2.05 bits per heavy atom. The summed E-state index contributed by atoms with van der Waals surface area (Å²) in [6.45, 7) is 0. The highest BCUT2D eigenvalue weighted by Crippen LogP contribution is 2.27. The van der Waals surface area contributed by atoms with Crippen LogP contribution >= 0.6 is 11.6 Å². The van der Waals surface area contributed by atoms with Gasteiger partial charge in [-0.1, -0.05) is 17.7 Å². The van der Waals surface area contributed by atoms with E-state index in [4.69, 9.17) is 17.3 Å². The zero-order valence-electron chi connectivity index (χ0n) is 9.47. The van der Waals surface area contributed by atoms with E-state index < -0.39 is 20.7 Å². The van der Waals surface area contributed by atoms with Crippen molar-refractivity contribution >= 4 is 33.0 Å². The quantitative estimate of drug-likeness (QED) is 0.852. The summed E-state index contributed by atoms with van der Waals surface area (Å²) in [6.07, 6.45) is 2.62. The van der Waals surface area contributed by atoms with E-state index in [1.807, 2.05) is 0 Å². The van der Waals surface area contributed by atoms with E-state index in [9.17, 15) is 12.8 Å².